The molecule has 0 saturated carbocycles. The first-order chi connectivity index (χ1) is 19.0. The first-order valence-electron chi connectivity index (χ1n) is 12.8. The van der Waals surface area contributed by atoms with Crippen molar-refractivity contribution < 1.29 is 32.3 Å². The number of esters is 1. The van der Waals surface area contributed by atoms with E-state index < -0.39 is 41.4 Å². The van der Waals surface area contributed by atoms with Gasteiger partial charge in [-0.1, -0.05) is 18.2 Å². The molecule has 0 radical (unpaired) electrons. The van der Waals surface area contributed by atoms with Crippen molar-refractivity contribution in [2.75, 3.05) is 44.7 Å². The van der Waals surface area contributed by atoms with Gasteiger partial charge in [0.15, 0.2) is 0 Å². The van der Waals surface area contributed by atoms with Crippen molar-refractivity contribution in [3.05, 3.63) is 76.5 Å². The van der Waals surface area contributed by atoms with Gasteiger partial charge in [0.05, 0.1) is 29.4 Å². The smallest absolute Gasteiger partial charge is 0.416 e. The van der Waals surface area contributed by atoms with Crippen LogP contribution in [0.4, 0.5) is 18.9 Å². The Morgan fingerprint density at radius 3 is 2.30 bits per heavy atom. The van der Waals surface area contributed by atoms with Crippen molar-refractivity contribution in [2.24, 2.45) is 5.92 Å². The molecule has 0 N–H and O–H groups in total. The van der Waals surface area contributed by atoms with E-state index in [1.165, 1.54) is 31.2 Å². The standard InChI is InChI=1S/C29H29F3N4O4/c1-4-40-28(39)23-18(2)36(22-7-5-6-21(16-22)29(30,31)32)27(38)25(26(37)35-14-12-34(3)13-15-35)24(23)20-10-8-19(17-33)9-11-20/h5-11,16,24-25H,4,12-15H2,1-3H3. The van der Waals surface area contributed by atoms with E-state index in [0.29, 0.717) is 37.3 Å². The van der Waals surface area contributed by atoms with E-state index in [1.54, 1.807) is 24.0 Å². The zero-order chi connectivity index (χ0) is 29.2. The SMILES string of the molecule is CCOC(=O)C1=C(C)N(c2cccc(C(F)(F)F)c2)C(=O)C(C(=O)N2CCN(C)CC2)C1c1ccc(C#N)cc1. The molecule has 2 aromatic carbocycles. The summed E-state index contributed by atoms with van der Waals surface area (Å²) in [6, 6.07) is 12.4. The molecule has 2 amide bonds. The van der Waals surface area contributed by atoms with Crippen LogP contribution in [0.1, 0.15) is 36.5 Å². The molecule has 210 valence electrons. The van der Waals surface area contributed by atoms with Gasteiger partial charge in [0.25, 0.3) is 0 Å². The van der Waals surface area contributed by atoms with Crippen LogP contribution in [0.25, 0.3) is 0 Å². The lowest BCUT2D eigenvalue weighted by atomic mass is 9.75. The van der Waals surface area contributed by atoms with Crippen LogP contribution in [0.15, 0.2) is 59.8 Å². The van der Waals surface area contributed by atoms with Crippen LogP contribution in [0.3, 0.4) is 0 Å². The predicted octanol–water partition coefficient (Wildman–Crippen LogP) is 3.93. The Morgan fingerprint density at radius 1 is 1.07 bits per heavy atom. The van der Waals surface area contributed by atoms with Gasteiger partial charge in [-0.2, -0.15) is 18.4 Å². The molecule has 0 aliphatic carbocycles. The van der Waals surface area contributed by atoms with Crippen molar-refractivity contribution >= 4 is 23.5 Å². The fourth-order valence-electron chi connectivity index (χ4n) is 5.18. The number of benzene rings is 2. The number of alkyl halides is 3. The summed E-state index contributed by atoms with van der Waals surface area (Å²) in [5, 5.41) is 9.27. The van der Waals surface area contributed by atoms with E-state index >= 15 is 0 Å². The van der Waals surface area contributed by atoms with E-state index in [9.17, 15) is 32.8 Å². The molecular weight excluding hydrogens is 525 g/mol. The summed E-state index contributed by atoms with van der Waals surface area (Å²) < 4.78 is 46.1. The molecule has 2 atom stereocenters. The number of halogens is 3. The van der Waals surface area contributed by atoms with Crippen LogP contribution in [0, 0.1) is 17.2 Å². The normalized spacial score (nSPS) is 20.4. The average Bonchev–Trinajstić information content (AvgIpc) is 2.92. The summed E-state index contributed by atoms with van der Waals surface area (Å²) in [5.74, 6) is -4.58. The van der Waals surface area contributed by atoms with Gasteiger partial charge < -0.3 is 14.5 Å². The van der Waals surface area contributed by atoms with Crippen LogP contribution in [-0.4, -0.2) is 67.4 Å². The Hall–Kier alpha value is -4.17. The first kappa shape index (κ1) is 28.8. The van der Waals surface area contributed by atoms with E-state index in [1.807, 2.05) is 18.0 Å². The minimum atomic E-state index is -4.67. The number of hydrogen-bond acceptors (Lipinski definition) is 6. The third kappa shape index (κ3) is 5.58. The Kier molecular flexibility index (Phi) is 8.30. The molecule has 0 spiro atoms. The topological polar surface area (TPSA) is 93.9 Å². The van der Waals surface area contributed by atoms with Crippen molar-refractivity contribution in [1.82, 2.24) is 9.80 Å². The molecule has 2 aromatic rings. The quantitative estimate of drug-likeness (QED) is 0.411. The Bertz CT molecular complexity index is 1370. The fourth-order valence-corrected chi connectivity index (χ4v) is 5.18. The number of likely N-dealkylation sites (N-methyl/N-ethyl adjacent to an activating group) is 1. The van der Waals surface area contributed by atoms with Gasteiger partial charge >= 0.3 is 12.1 Å². The third-order valence-corrected chi connectivity index (χ3v) is 7.26. The Morgan fingerprint density at radius 2 is 1.73 bits per heavy atom. The number of hydrogen-bond donors (Lipinski definition) is 0. The minimum absolute atomic E-state index is 0.00366. The summed E-state index contributed by atoms with van der Waals surface area (Å²) in [5.41, 5.74) is -0.244. The maximum absolute atomic E-state index is 14.2. The number of ether oxygens (including phenoxy) is 1. The second-order valence-electron chi connectivity index (χ2n) is 9.76. The van der Waals surface area contributed by atoms with Gasteiger partial charge in [0, 0.05) is 43.5 Å². The Balaban J connectivity index is 1.94. The molecule has 2 unspecified atom stereocenters. The van der Waals surface area contributed by atoms with E-state index in [-0.39, 0.29) is 23.6 Å². The summed E-state index contributed by atoms with van der Waals surface area (Å²) >= 11 is 0. The number of rotatable bonds is 5. The lowest BCUT2D eigenvalue weighted by molar-refractivity contribution is -0.144. The number of anilines is 1. The number of nitrogens with zero attached hydrogens (tertiary/aromatic N) is 4. The van der Waals surface area contributed by atoms with Crippen LogP contribution >= 0.6 is 0 Å². The molecule has 11 heteroatoms. The van der Waals surface area contributed by atoms with Gasteiger partial charge in [0.2, 0.25) is 11.8 Å². The molecule has 2 heterocycles. The average molecular weight is 555 g/mol. The monoisotopic (exact) mass is 554 g/mol. The van der Waals surface area contributed by atoms with Gasteiger partial charge in [-0.05, 0) is 56.8 Å². The maximum atomic E-state index is 14.2. The van der Waals surface area contributed by atoms with Gasteiger partial charge in [0.1, 0.15) is 5.92 Å². The van der Waals surface area contributed by atoms with Gasteiger partial charge in [-0.15, -0.1) is 0 Å². The third-order valence-electron chi connectivity index (χ3n) is 7.26. The highest BCUT2D eigenvalue weighted by Gasteiger charge is 2.50. The second-order valence-corrected chi connectivity index (χ2v) is 9.76. The maximum Gasteiger partial charge on any atom is 0.416 e. The van der Waals surface area contributed by atoms with Crippen LogP contribution < -0.4 is 4.90 Å². The first-order valence-corrected chi connectivity index (χ1v) is 12.8. The summed E-state index contributed by atoms with van der Waals surface area (Å²) in [6.07, 6.45) is -4.67. The molecule has 2 aliphatic rings. The molecule has 2 aliphatic heterocycles. The second kappa shape index (κ2) is 11.5. The van der Waals surface area contributed by atoms with Crippen molar-refractivity contribution in [3.8, 4) is 6.07 Å². The zero-order valence-corrected chi connectivity index (χ0v) is 22.4. The number of piperazine rings is 1. The van der Waals surface area contributed by atoms with Crippen LogP contribution in [0.5, 0.6) is 0 Å². The number of carbonyl (C=O) groups is 3. The highest BCUT2D eigenvalue weighted by atomic mass is 19.4. The molecule has 4 rings (SSSR count). The molecule has 0 bridgehead atoms. The molecule has 40 heavy (non-hydrogen) atoms. The summed E-state index contributed by atoms with van der Waals surface area (Å²) in [7, 11) is 1.91. The number of amides is 2. The highest BCUT2D eigenvalue weighted by molar-refractivity contribution is 6.14. The molecular formula is C29H29F3N4O4. The molecule has 1 saturated heterocycles. The van der Waals surface area contributed by atoms with Crippen molar-refractivity contribution in [3.63, 3.8) is 0 Å². The zero-order valence-electron chi connectivity index (χ0n) is 22.4. The molecule has 0 aromatic heterocycles. The summed E-state index contributed by atoms with van der Waals surface area (Å²) in [4.78, 5) is 46.3. The van der Waals surface area contributed by atoms with E-state index in [2.05, 4.69) is 0 Å². The molecule has 1 fully saturated rings. The predicted molar refractivity (Wildman–Crippen MR) is 140 cm³/mol. The Labute approximate surface area is 230 Å². The number of carbonyl (C=O) groups excluding carboxylic acids is 3. The number of nitriles is 1. The van der Waals surface area contributed by atoms with Crippen molar-refractivity contribution in [1.29, 1.82) is 5.26 Å². The van der Waals surface area contributed by atoms with Crippen LogP contribution in [0.2, 0.25) is 0 Å². The minimum Gasteiger partial charge on any atom is -0.463 e. The lowest BCUT2D eigenvalue weighted by Crippen LogP contribution is -2.55. The lowest BCUT2D eigenvalue weighted by Gasteiger charge is -2.42. The summed E-state index contributed by atoms with van der Waals surface area (Å²) in [6.45, 7) is 4.91. The molecule has 8 nitrogen and oxygen atoms in total. The van der Waals surface area contributed by atoms with Gasteiger partial charge in [-0.25, -0.2) is 4.79 Å². The van der Waals surface area contributed by atoms with E-state index in [4.69, 9.17) is 4.74 Å². The van der Waals surface area contributed by atoms with Crippen LogP contribution in [-0.2, 0) is 25.3 Å². The highest BCUT2D eigenvalue weighted by Crippen LogP contribution is 2.44. The van der Waals surface area contributed by atoms with E-state index in [0.717, 1.165) is 17.0 Å². The van der Waals surface area contributed by atoms with Crippen molar-refractivity contribution in [2.45, 2.75) is 25.9 Å². The largest absolute Gasteiger partial charge is 0.463 e. The fraction of sp³-hybridized carbons (Fsp3) is 0.379. The number of allylic oxidation sites excluding steroid dienone is 1. The van der Waals surface area contributed by atoms with Gasteiger partial charge in [-0.3, -0.25) is 14.5 Å².